The summed E-state index contributed by atoms with van der Waals surface area (Å²) in [5, 5.41) is 10.7. The fourth-order valence-electron chi connectivity index (χ4n) is 2.68. The van der Waals surface area contributed by atoms with E-state index in [4.69, 9.17) is 8.83 Å². The normalized spacial score (nSPS) is 10.6. The SMILES string of the molecule is CCCN(Cc1nnc(-c2ccco2)o1)C(=O)c1ccc(CNC(C)=O)cc1. The maximum Gasteiger partial charge on any atom is 0.283 e. The predicted molar refractivity (Wildman–Crippen MR) is 101 cm³/mol. The number of nitrogens with one attached hydrogen (secondary N) is 1. The van der Waals surface area contributed by atoms with Gasteiger partial charge in [0, 0.05) is 25.6 Å². The highest BCUT2D eigenvalue weighted by Gasteiger charge is 2.19. The largest absolute Gasteiger partial charge is 0.459 e. The van der Waals surface area contributed by atoms with Crippen molar-refractivity contribution in [1.29, 1.82) is 0 Å². The number of rotatable bonds is 8. The molecule has 0 saturated carbocycles. The molecule has 0 bridgehead atoms. The molecule has 2 amide bonds. The van der Waals surface area contributed by atoms with Crippen molar-refractivity contribution >= 4 is 11.8 Å². The summed E-state index contributed by atoms with van der Waals surface area (Å²) in [6, 6.07) is 10.6. The minimum absolute atomic E-state index is 0.0947. The standard InChI is InChI=1S/C20H22N4O4/c1-3-10-24(13-18-22-23-19(28-18)17-5-4-11-27-17)20(26)16-8-6-15(7-9-16)12-21-14(2)25/h4-9,11H,3,10,12-13H2,1-2H3,(H,21,25). The number of nitrogens with zero attached hydrogens (tertiary/aromatic N) is 3. The molecule has 0 spiro atoms. The molecule has 1 aromatic carbocycles. The summed E-state index contributed by atoms with van der Waals surface area (Å²) >= 11 is 0. The van der Waals surface area contributed by atoms with Gasteiger partial charge in [-0.2, -0.15) is 0 Å². The summed E-state index contributed by atoms with van der Waals surface area (Å²) in [6.07, 6.45) is 2.33. The quantitative estimate of drug-likeness (QED) is 0.643. The molecule has 8 heteroatoms. The molecule has 0 aliphatic carbocycles. The Bertz CT molecular complexity index is 916. The van der Waals surface area contributed by atoms with E-state index in [-0.39, 0.29) is 24.2 Å². The van der Waals surface area contributed by atoms with Gasteiger partial charge in [-0.15, -0.1) is 10.2 Å². The molecule has 0 aliphatic rings. The van der Waals surface area contributed by atoms with E-state index in [0.29, 0.717) is 30.3 Å². The van der Waals surface area contributed by atoms with Crippen molar-refractivity contribution in [2.75, 3.05) is 6.54 Å². The second-order valence-electron chi connectivity index (χ2n) is 6.31. The summed E-state index contributed by atoms with van der Waals surface area (Å²) in [5.41, 5.74) is 1.49. The Kier molecular flexibility index (Phi) is 6.21. The van der Waals surface area contributed by atoms with Gasteiger partial charge in [0.2, 0.25) is 11.8 Å². The number of aromatic nitrogens is 2. The van der Waals surface area contributed by atoms with E-state index in [2.05, 4.69) is 15.5 Å². The molecule has 8 nitrogen and oxygen atoms in total. The van der Waals surface area contributed by atoms with Gasteiger partial charge < -0.3 is 19.1 Å². The lowest BCUT2D eigenvalue weighted by Crippen LogP contribution is -2.31. The molecule has 1 N–H and O–H groups in total. The van der Waals surface area contributed by atoms with Crippen molar-refractivity contribution in [3.8, 4) is 11.7 Å². The molecular weight excluding hydrogens is 360 g/mol. The molecule has 2 heterocycles. The Morgan fingerprint density at radius 2 is 1.93 bits per heavy atom. The van der Waals surface area contributed by atoms with Crippen LogP contribution in [-0.4, -0.2) is 33.5 Å². The van der Waals surface area contributed by atoms with Gasteiger partial charge in [-0.3, -0.25) is 9.59 Å². The maximum absolute atomic E-state index is 12.9. The number of furan rings is 1. The highest BCUT2D eigenvalue weighted by atomic mass is 16.4. The highest BCUT2D eigenvalue weighted by molar-refractivity contribution is 5.94. The van der Waals surface area contributed by atoms with Crippen LogP contribution in [-0.2, 0) is 17.9 Å². The van der Waals surface area contributed by atoms with Gasteiger partial charge in [-0.05, 0) is 36.2 Å². The van der Waals surface area contributed by atoms with Gasteiger partial charge in [0.25, 0.3) is 11.8 Å². The zero-order chi connectivity index (χ0) is 19.9. The Morgan fingerprint density at radius 1 is 1.14 bits per heavy atom. The van der Waals surface area contributed by atoms with Crippen molar-refractivity contribution in [2.45, 2.75) is 33.4 Å². The van der Waals surface area contributed by atoms with Gasteiger partial charge in [-0.25, -0.2) is 0 Å². The average molecular weight is 382 g/mol. The molecule has 0 saturated heterocycles. The molecule has 0 atom stereocenters. The van der Waals surface area contributed by atoms with Gasteiger partial charge in [0.1, 0.15) is 0 Å². The number of carbonyl (C=O) groups is 2. The molecular formula is C20H22N4O4. The lowest BCUT2D eigenvalue weighted by molar-refractivity contribution is -0.119. The first-order valence-corrected chi connectivity index (χ1v) is 9.05. The van der Waals surface area contributed by atoms with E-state index in [1.807, 2.05) is 19.1 Å². The molecule has 0 aliphatic heterocycles. The van der Waals surface area contributed by atoms with Crippen LogP contribution in [0.25, 0.3) is 11.7 Å². The van der Waals surface area contributed by atoms with Gasteiger partial charge in [0.15, 0.2) is 5.76 Å². The summed E-state index contributed by atoms with van der Waals surface area (Å²) in [4.78, 5) is 25.6. The van der Waals surface area contributed by atoms with Crippen molar-refractivity contribution in [3.63, 3.8) is 0 Å². The topological polar surface area (TPSA) is 101 Å². The predicted octanol–water partition coefficient (Wildman–Crippen LogP) is 3.02. The maximum atomic E-state index is 12.9. The van der Waals surface area contributed by atoms with Crippen molar-refractivity contribution < 1.29 is 18.4 Å². The molecule has 0 radical (unpaired) electrons. The highest BCUT2D eigenvalue weighted by Crippen LogP contribution is 2.19. The molecule has 2 aromatic heterocycles. The first-order chi connectivity index (χ1) is 13.6. The third-order valence-corrected chi connectivity index (χ3v) is 4.05. The summed E-state index contributed by atoms with van der Waals surface area (Å²) in [6.45, 7) is 4.67. The molecule has 3 aromatic rings. The molecule has 146 valence electrons. The first-order valence-electron chi connectivity index (χ1n) is 9.05. The number of benzene rings is 1. The fraction of sp³-hybridized carbons (Fsp3) is 0.300. The fourth-order valence-corrected chi connectivity index (χ4v) is 2.68. The van der Waals surface area contributed by atoms with Crippen LogP contribution in [0.3, 0.4) is 0 Å². The molecule has 0 unspecified atom stereocenters. The zero-order valence-electron chi connectivity index (χ0n) is 15.8. The monoisotopic (exact) mass is 382 g/mol. The molecule has 0 fully saturated rings. The third kappa shape index (κ3) is 4.85. The van der Waals surface area contributed by atoms with Crippen LogP contribution >= 0.6 is 0 Å². The van der Waals surface area contributed by atoms with E-state index in [0.717, 1.165) is 12.0 Å². The van der Waals surface area contributed by atoms with Crippen LogP contribution in [0.1, 0.15) is 42.1 Å². The van der Waals surface area contributed by atoms with Crippen LogP contribution in [0.4, 0.5) is 0 Å². The number of carbonyl (C=O) groups excluding carboxylic acids is 2. The minimum Gasteiger partial charge on any atom is -0.459 e. The Morgan fingerprint density at radius 3 is 2.57 bits per heavy atom. The third-order valence-electron chi connectivity index (χ3n) is 4.05. The Labute approximate surface area is 162 Å². The zero-order valence-corrected chi connectivity index (χ0v) is 15.8. The van der Waals surface area contributed by atoms with E-state index >= 15 is 0 Å². The minimum atomic E-state index is -0.120. The second kappa shape index (κ2) is 8.98. The smallest absolute Gasteiger partial charge is 0.283 e. The van der Waals surface area contributed by atoms with Crippen LogP contribution in [0.2, 0.25) is 0 Å². The Balaban J connectivity index is 1.69. The number of hydrogen-bond donors (Lipinski definition) is 1. The van der Waals surface area contributed by atoms with Crippen molar-refractivity contribution in [3.05, 3.63) is 59.7 Å². The van der Waals surface area contributed by atoms with E-state index in [1.54, 1.807) is 29.2 Å². The Hall–Kier alpha value is -3.42. The lowest BCUT2D eigenvalue weighted by Gasteiger charge is -2.20. The summed E-state index contributed by atoms with van der Waals surface area (Å²) < 4.78 is 10.9. The summed E-state index contributed by atoms with van der Waals surface area (Å²) in [7, 11) is 0. The van der Waals surface area contributed by atoms with E-state index in [1.165, 1.54) is 13.2 Å². The van der Waals surface area contributed by atoms with Gasteiger partial charge >= 0.3 is 0 Å². The van der Waals surface area contributed by atoms with Gasteiger partial charge in [-0.1, -0.05) is 19.1 Å². The van der Waals surface area contributed by atoms with Crippen LogP contribution < -0.4 is 5.32 Å². The van der Waals surface area contributed by atoms with E-state index in [9.17, 15) is 9.59 Å². The van der Waals surface area contributed by atoms with Crippen molar-refractivity contribution in [1.82, 2.24) is 20.4 Å². The first kappa shape index (κ1) is 19.3. The molecule has 28 heavy (non-hydrogen) atoms. The number of hydrogen-bond acceptors (Lipinski definition) is 6. The van der Waals surface area contributed by atoms with Gasteiger partial charge in [0.05, 0.1) is 12.8 Å². The van der Waals surface area contributed by atoms with Crippen LogP contribution in [0, 0.1) is 0 Å². The van der Waals surface area contributed by atoms with Crippen LogP contribution in [0.5, 0.6) is 0 Å². The van der Waals surface area contributed by atoms with Crippen molar-refractivity contribution in [2.24, 2.45) is 0 Å². The molecule has 3 rings (SSSR count). The lowest BCUT2D eigenvalue weighted by atomic mass is 10.1. The van der Waals surface area contributed by atoms with E-state index < -0.39 is 0 Å². The van der Waals surface area contributed by atoms with Crippen LogP contribution in [0.15, 0.2) is 51.5 Å². The number of amides is 2. The second-order valence-corrected chi connectivity index (χ2v) is 6.31. The summed E-state index contributed by atoms with van der Waals surface area (Å²) in [5.74, 6) is 0.900. The average Bonchev–Trinajstić information content (AvgIpc) is 3.37.